The number of rotatable bonds is 3. The van der Waals surface area contributed by atoms with Gasteiger partial charge in [0.05, 0.1) is 16.9 Å². The lowest BCUT2D eigenvalue weighted by Crippen LogP contribution is -2.36. The van der Waals surface area contributed by atoms with E-state index in [0.29, 0.717) is 28.5 Å². The molecule has 2 heterocycles. The van der Waals surface area contributed by atoms with Crippen molar-refractivity contribution in [3.05, 3.63) is 58.6 Å². The minimum Gasteiger partial charge on any atom is -0.408 e. The summed E-state index contributed by atoms with van der Waals surface area (Å²) in [6, 6.07) is 12.8. The highest BCUT2D eigenvalue weighted by atomic mass is 32.2. The van der Waals surface area contributed by atoms with Crippen LogP contribution in [0.25, 0.3) is 11.1 Å². The first-order valence-electron chi connectivity index (χ1n) is 10.5. The van der Waals surface area contributed by atoms with E-state index in [2.05, 4.69) is 52.8 Å². The molecule has 0 spiro atoms. The van der Waals surface area contributed by atoms with Crippen molar-refractivity contribution < 1.29 is 9.21 Å². The average molecular weight is 454 g/mol. The number of guanidine groups is 1. The van der Waals surface area contributed by atoms with E-state index in [4.69, 9.17) is 4.42 Å². The maximum atomic E-state index is 12.9. The average Bonchev–Trinajstić information content (AvgIpc) is 3.32. The Morgan fingerprint density at radius 3 is 2.69 bits per heavy atom. The number of aliphatic imine (C=N–C) groups is 1. The standard InChI is InChI=1S/C23H27N5O3S/c1-13-24-18(12-32-13)20(29)28-21(26-16-8-6-5-7-15(16)23(2,3)4)25-14-9-10-17-19(11-14)31-22(30)27-17/h5-11,13,18,24H,12H2,1-4H3,(H,27,30)(H2,25,26,28,29). The normalized spacial score (nSPS) is 19.3. The molecule has 2 aromatic carbocycles. The quantitative estimate of drug-likeness (QED) is 0.352. The number of H-pyrrole nitrogens is 1. The van der Waals surface area contributed by atoms with E-state index in [1.165, 1.54) is 0 Å². The summed E-state index contributed by atoms with van der Waals surface area (Å²) in [4.78, 5) is 31.3. The number of hydrogen-bond acceptors (Lipinski definition) is 5. The molecule has 8 nitrogen and oxygen atoms in total. The number of benzene rings is 2. The molecule has 1 aliphatic heterocycles. The number of aromatic nitrogens is 1. The van der Waals surface area contributed by atoms with E-state index in [1.54, 1.807) is 30.0 Å². The Hall–Kier alpha value is -3.04. The van der Waals surface area contributed by atoms with E-state index in [9.17, 15) is 9.59 Å². The van der Waals surface area contributed by atoms with Gasteiger partial charge in [-0.2, -0.15) is 4.99 Å². The molecule has 32 heavy (non-hydrogen) atoms. The molecule has 4 N–H and O–H groups in total. The second kappa shape index (κ2) is 8.84. The van der Waals surface area contributed by atoms with E-state index in [1.807, 2.05) is 25.1 Å². The van der Waals surface area contributed by atoms with Crippen LogP contribution in [0.2, 0.25) is 0 Å². The van der Waals surface area contributed by atoms with E-state index >= 15 is 0 Å². The van der Waals surface area contributed by atoms with Gasteiger partial charge in [-0.1, -0.05) is 39.0 Å². The number of anilines is 2. The van der Waals surface area contributed by atoms with E-state index < -0.39 is 5.76 Å². The third-order valence-electron chi connectivity index (χ3n) is 5.14. The van der Waals surface area contributed by atoms with Gasteiger partial charge in [-0.3, -0.25) is 15.1 Å². The predicted molar refractivity (Wildman–Crippen MR) is 131 cm³/mol. The van der Waals surface area contributed by atoms with Crippen LogP contribution in [0, 0.1) is 0 Å². The third kappa shape index (κ3) is 5.05. The predicted octanol–water partition coefficient (Wildman–Crippen LogP) is 3.88. The zero-order valence-corrected chi connectivity index (χ0v) is 19.3. The molecule has 2 unspecified atom stereocenters. The monoisotopic (exact) mass is 453 g/mol. The minimum atomic E-state index is -0.516. The number of oxazole rings is 1. The van der Waals surface area contributed by atoms with Gasteiger partial charge in [-0.05, 0) is 36.1 Å². The van der Waals surface area contributed by atoms with E-state index in [-0.39, 0.29) is 22.7 Å². The summed E-state index contributed by atoms with van der Waals surface area (Å²) in [5.41, 5.74) is 3.50. The zero-order chi connectivity index (χ0) is 22.9. The molecule has 1 fully saturated rings. The Bertz CT molecular complexity index is 1220. The summed E-state index contributed by atoms with van der Waals surface area (Å²) >= 11 is 1.69. The molecule has 0 bridgehead atoms. The number of para-hydroxylation sites is 1. The van der Waals surface area contributed by atoms with Crippen molar-refractivity contribution in [1.82, 2.24) is 10.3 Å². The first-order valence-corrected chi connectivity index (χ1v) is 11.5. The number of carbonyl (C=O) groups excluding carboxylic acids is 1. The van der Waals surface area contributed by atoms with Crippen LogP contribution < -0.4 is 21.7 Å². The molecule has 2 atom stereocenters. The maximum absolute atomic E-state index is 12.9. The first-order chi connectivity index (χ1) is 15.2. The Morgan fingerprint density at radius 1 is 1.19 bits per heavy atom. The molecular formula is C23H27N5O3S. The van der Waals surface area contributed by atoms with Crippen LogP contribution in [0.1, 0.15) is 33.3 Å². The number of amides is 1. The molecule has 1 aliphatic rings. The molecule has 0 radical (unpaired) electrons. The second-order valence-electron chi connectivity index (χ2n) is 8.76. The third-order valence-corrected chi connectivity index (χ3v) is 6.30. The lowest BCUT2D eigenvalue weighted by molar-refractivity contribution is -0.119. The Morgan fingerprint density at radius 2 is 1.97 bits per heavy atom. The number of hydrogen-bond donors (Lipinski definition) is 4. The van der Waals surface area contributed by atoms with Gasteiger partial charge in [0.15, 0.2) is 5.58 Å². The molecule has 9 heteroatoms. The van der Waals surface area contributed by atoms with Gasteiger partial charge in [0.1, 0.15) is 0 Å². The van der Waals surface area contributed by atoms with Crippen LogP contribution in [-0.4, -0.2) is 34.0 Å². The molecular weight excluding hydrogens is 426 g/mol. The molecule has 3 aromatic rings. The van der Waals surface area contributed by atoms with Crippen molar-refractivity contribution in [2.75, 3.05) is 16.4 Å². The SMILES string of the molecule is CC1NC(C(=O)/N=C(/Nc2ccc3[nH]c(=O)oc3c2)Nc2ccccc2C(C)(C)C)CS1. The van der Waals surface area contributed by atoms with Crippen molar-refractivity contribution in [3.63, 3.8) is 0 Å². The van der Waals surface area contributed by atoms with E-state index in [0.717, 1.165) is 11.3 Å². The number of nitrogens with one attached hydrogen (secondary N) is 4. The number of nitrogens with zero attached hydrogens (tertiary/aromatic N) is 1. The molecule has 1 aromatic heterocycles. The topological polar surface area (TPSA) is 112 Å². The largest absolute Gasteiger partial charge is 0.417 e. The van der Waals surface area contributed by atoms with Crippen molar-refractivity contribution in [3.8, 4) is 0 Å². The molecule has 1 saturated heterocycles. The number of aromatic amines is 1. The van der Waals surface area contributed by atoms with Gasteiger partial charge in [0.2, 0.25) is 5.96 Å². The molecule has 0 aliphatic carbocycles. The zero-order valence-electron chi connectivity index (χ0n) is 18.5. The summed E-state index contributed by atoms with van der Waals surface area (Å²) in [6.45, 7) is 8.42. The Labute approximate surface area is 190 Å². The fraction of sp³-hybridized carbons (Fsp3) is 0.348. The minimum absolute atomic E-state index is 0.106. The lowest BCUT2D eigenvalue weighted by Gasteiger charge is -2.24. The Balaban J connectivity index is 1.67. The molecule has 1 amide bonds. The highest BCUT2D eigenvalue weighted by Crippen LogP contribution is 2.29. The summed E-state index contributed by atoms with van der Waals surface area (Å²) in [7, 11) is 0. The maximum Gasteiger partial charge on any atom is 0.417 e. The van der Waals surface area contributed by atoms with Crippen molar-refractivity contribution >= 4 is 46.1 Å². The molecule has 4 rings (SSSR count). The van der Waals surface area contributed by atoms with Crippen molar-refractivity contribution in [1.29, 1.82) is 0 Å². The van der Waals surface area contributed by atoms with Gasteiger partial charge < -0.3 is 15.1 Å². The highest BCUT2D eigenvalue weighted by molar-refractivity contribution is 8.00. The Kier molecular flexibility index (Phi) is 6.12. The van der Waals surface area contributed by atoms with Crippen LogP contribution in [-0.2, 0) is 10.2 Å². The second-order valence-corrected chi connectivity index (χ2v) is 10.1. The van der Waals surface area contributed by atoms with Crippen LogP contribution >= 0.6 is 11.8 Å². The van der Waals surface area contributed by atoms with Gasteiger partial charge in [0, 0.05) is 23.2 Å². The fourth-order valence-electron chi connectivity index (χ4n) is 3.57. The summed E-state index contributed by atoms with van der Waals surface area (Å²) in [5.74, 6) is 0.211. The number of thioether (sulfide) groups is 1. The first kappa shape index (κ1) is 22.2. The number of fused-ring (bicyclic) bond motifs is 1. The summed E-state index contributed by atoms with van der Waals surface area (Å²) < 4.78 is 5.16. The smallest absolute Gasteiger partial charge is 0.408 e. The van der Waals surface area contributed by atoms with Gasteiger partial charge in [-0.25, -0.2) is 4.79 Å². The van der Waals surface area contributed by atoms with Crippen LogP contribution in [0.3, 0.4) is 0 Å². The van der Waals surface area contributed by atoms with Gasteiger partial charge in [-0.15, -0.1) is 11.8 Å². The lowest BCUT2D eigenvalue weighted by atomic mass is 9.86. The fourth-order valence-corrected chi connectivity index (χ4v) is 4.55. The van der Waals surface area contributed by atoms with Crippen LogP contribution in [0.15, 0.2) is 56.7 Å². The molecule has 168 valence electrons. The summed E-state index contributed by atoms with van der Waals surface area (Å²) in [5, 5.41) is 9.94. The summed E-state index contributed by atoms with van der Waals surface area (Å²) in [6.07, 6.45) is 0. The van der Waals surface area contributed by atoms with Crippen molar-refractivity contribution in [2.45, 2.75) is 44.5 Å². The van der Waals surface area contributed by atoms with Crippen molar-refractivity contribution in [2.24, 2.45) is 4.99 Å². The van der Waals surface area contributed by atoms with Crippen LogP contribution in [0.4, 0.5) is 11.4 Å². The molecule has 0 saturated carbocycles. The number of carbonyl (C=O) groups is 1. The van der Waals surface area contributed by atoms with Crippen LogP contribution in [0.5, 0.6) is 0 Å². The van der Waals surface area contributed by atoms with Gasteiger partial charge >= 0.3 is 5.76 Å². The highest BCUT2D eigenvalue weighted by Gasteiger charge is 2.27. The van der Waals surface area contributed by atoms with Gasteiger partial charge in [0.25, 0.3) is 5.91 Å².